The van der Waals surface area contributed by atoms with Crippen molar-refractivity contribution in [2.45, 2.75) is 25.9 Å². The van der Waals surface area contributed by atoms with E-state index in [2.05, 4.69) is 0 Å². The molecule has 0 heterocycles. The predicted molar refractivity (Wildman–Crippen MR) is 72.3 cm³/mol. The van der Waals surface area contributed by atoms with Gasteiger partial charge in [-0.25, -0.2) is 0 Å². The second-order valence-corrected chi connectivity index (χ2v) is 4.08. The molecule has 0 aromatic heterocycles. The summed E-state index contributed by atoms with van der Waals surface area (Å²) in [6.07, 6.45) is 0.685. The Morgan fingerprint density at radius 1 is 1.26 bits per heavy atom. The van der Waals surface area contributed by atoms with Gasteiger partial charge < -0.3 is 19.9 Å². The van der Waals surface area contributed by atoms with Crippen LogP contribution in [-0.2, 0) is 9.53 Å². The number of rotatable bonds is 7. The van der Waals surface area contributed by atoms with E-state index in [4.69, 9.17) is 19.9 Å². The molecule has 1 atom stereocenters. The first kappa shape index (κ1) is 15.3. The minimum absolute atomic E-state index is 0.227. The topological polar surface area (TPSA) is 70.8 Å². The number of hydrogen-bond donors (Lipinski definition) is 1. The lowest BCUT2D eigenvalue weighted by molar-refractivity contribution is -0.149. The average Bonchev–Trinajstić information content (AvgIpc) is 2.44. The van der Waals surface area contributed by atoms with Gasteiger partial charge in [0.05, 0.1) is 14.2 Å². The van der Waals surface area contributed by atoms with Gasteiger partial charge in [-0.1, -0.05) is 13.0 Å². The molecule has 0 saturated carbocycles. The number of hydrogen-bond acceptors (Lipinski definition) is 5. The van der Waals surface area contributed by atoms with Crippen molar-refractivity contribution in [1.29, 1.82) is 0 Å². The van der Waals surface area contributed by atoms with Crippen molar-refractivity contribution in [2.75, 3.05) is 20.8 Å². The van der Waals surface area contributed by atoms with Crippen LogP contribution < -0.4 is 15.2 Å². The van der Waals surface area contributed by atoms with E-state index in [9.17, 15) is 4.79 Å². The molecule has 0 aliphatic rings. The Morgan fingerprint density at radius 2 is 1.95 bits per heavy atom. The summed E-state index contributed by atoms with van der Waals surface area (Å²) in [5, 5.41) is 0. The largest absolute Gasteiger partial charge is 0.493 e. The van der Waals surface area contributed by atoms with Crippen LogP contribution in [0.25, 0.3) is 0 Å². The molecule has 0 radical (unpaired) electrons. The van der Waals surface area contributed by atoms with Gasteiger partial charge in [-0.05, 0) is 24.1 Å². The molecule has 0 unspecified atom stereocenters. The van der Waals surface area contributed by atoms with Gasteiger partial charge in [-0.2, -0.15) is 0 Å². The Morgan fingerprint density at radius 3 is 2.47 bits per heavy atom. The van der Waals surface area contributed by atoms with Crippen molar-refractivity contribution in [2.24, 2.45) is 5.73 Å². The molecule has 5 nitrogen and oxygen atoms in total. The Kier molecular flexibility index (Phi) is 6.15. The van der Waals surface area contributed by atoms with E-state index >= 15 is 0 Å². The number of methoxy groups -OCH3 is 2. The van der Waals surface area contributed by atoms with Gasteiger partial charge in [-0.15, -0.1) is 0 Å². The van der Waals surface area contributed by atoms with Crippen LogP contribution in [0.15, 0.2) is 18.2 Å². The molecular weight excluding hydrogens is 246 g/mol. The van der Waals surface area contributed by atoms with Crippen LogP contribution in [-0.4, -0.2) is 26.7 Å². The maximum Gasteiger partial charge on any atom is 0.306 e. The number of ether oxygens (including phenoxy) is 3. The summed E-state index contributed by atoms with van der Waals surface area (Å²) >= 11 is 0. The molecule has 0 saturated heterocycles. The second kappa shape index (κ2) is 7.63. The lowest BCUT2D eigenvalue weighted by Gasteiger charge is -2.18. The van der Waals surface area contributed by atoms with E-state index in [1.54, 1.807) is 26.4 Å². The fourth-order valence-corrected chi connectivity index (χ4v) is 1.73. The van der Waals surface area contributed by atoms with Crippen LogP contribution in [0.4, 0.5) is 0 Å². The van der Waals surface area contributed by atoms with Crippen LogP contribution in [0, 0.1) is 0 Å². The molecule has 0 aliphatic carbocycles. The first-order chi connectivity index (χ1) is 9.15. The summed E-state index contributed by atoms with van der Waals surface area (Å²) in [4.78, 5) is 11.5. The highest BCUT2D eigenvalue weighted by Crippen LogP contribution is 2.30. The summed E-state index contributed by atoms with van der Waals surface area (Å²) in [6, 6.07) is 5.36. The molecule has 1 aromatic rings. The van der Waals surface area contributed by atoms with Crippen molar-refractivity contribution in [3.05, 3.63) is 23.8 Å². The zero-order chi connectivity index (χ0) is 14.3. The van der Waals surface area contributed by atoms with Crippen LogP contribution in [0.2, 0.25) is 0 Å². The number of benzene rings is 1. The van der Waals surface area contributed by atoms with Gasteiger partial charge in [-0.3, -0.25) is 4.79 Å². The van der Waals surface area contributed by atoms with Crippen molar-refractivity contribution >= 4 is 5.97 Å². The SMILES string of the molecule is CCCC(=O)O[C@H](CN)c1ccc(OC)c(OC)c1. The van der Waals surface area contributed by atoms with E-state index in [0.717, 1.165) is 12.0 Å². The van der Waals surface area contributed by atoms with Crippen molar-refractivity contribution in [3.8, 4) is 11.5 Å². The predicted octanol–water partition coefficient (Wildman–Crippen LogP) is 2.05. The Labute approximate surface area is 113 Å². The van der Waals surface area contributed by atoms with Gasteiger partial charge in [0.25, 0.3) is 0 Å². The van der Waals surface area contributed by atoms with Crippen LogP contribution >= 0.6 is 0 Å². The molecule has 2 N–H and O–H groups in total. The molecule has 1 aromatic carbocycles. The summed E-state index contributed by atoms with van der Waals surface area (Å²) in [5.74, 6) is 0.972. The number of esters is 1. The first-order valence-electron chi connectivity index (χ1n) is 6.27. The summed E-state index contributed by atoms with van der Waals surface area (Å²) in [5.41, 5.74) is 6.46. The maximum absolute atomic E-state index is 11.5. The van der Waals surface area contributed by atoms with E-state index in [0.29, 0.717) is 17.9 Å². The van der Waals surface area contributed by atoms with Gasteiger partial charge in [0.15, 0.2) is 11.5 Å². The van der Waals surface area contributed by atoms with Gasteiger partial charge >= 0.3 is 5.97 Å². The average molecular weight is 267 g/mol. The van der Waals surface area contributed by atoms with Crippen LogP contribution in [0.3, 0.4) is 0 Å². The smallest absolute Gasteiger partial charge is 0.306 e. The lowest BCUT2D eigenvalue weighted by atomic mass is 10.1. The molecule has 0 spiro atoms. The van der Waals surface area contributed by atoms with Crippen molar-refractivity contribution < 1.29 is 19.0 Å². The maximum atomic E-state index is 11.5. The molecule has 0 fully saturated rings. The minimum Gasteiger partial charge on any atom is -0.493 e. The second-order valence-electron chi connectivity index (χ2n) is 4.08. The zero-order valence-electron chi connectivity index (χ0n) is 11.6. The monoisotopic (exact) mass is 267 g/mol. The Balaban J connectivity index is 2.89. The third-order valence-electron chi connectivity index (χ3n) is 2.72. The highest BCUT2D eigenvalue weighted by atomic mass is 16.5. The molecule has 106 valence electrons. The lowest BCUT2D eigenvalue weighted by Crippen LogP contribution is -2.19. The van der Waals surface area contributed by atoms with Crippen LogP contribution in [0.5, 0.6) is 11.5 Å². The third kappa shape index (κ3) is 4.13. The summed E-state index contributed by atoms with van der Waals surface area (Å²) in [6.45, 7) is 2.15. The van der Waals surface area contributed by atoms with Gasteiger partial charge in [0.1, 0.15) is 6.10 Å². The number of nitrogens with two attached hydrogens (primary N) is 1. The standard InChI is InChI=1S/C14H21NO4/c1-4-5-14(16)19-13(9-15)10-6-7-11(17-2)12(8-10)18-3/h6-8,13H,4-5,9,15H2,1-3H3/t13-/m1/s1. The molecule has 0 aliphatic heterocycles. The van der Waals surface area contributed by atoms with E-state index in [-0.39, 0.29) is 12.5 Å². The van der Waals surface area contributed by atoms with E-state index < -0.39 is 6.10 Å². The number of carbonyl (C=O) groups excluding carboxylic acids is 1. The molecule has 1 rings (SSSR count). The normalized spacial score (nSPS) is 11.8. The van der Waals surface area contributed by atoms with Crippen LogP contribution in [0.1, 0.15) is 31.4 Å². The fourth-order valence-electron chi connectivity index (χ4n) is 1.73. The Hall–Kier alpha value is -1.75. The molecule has 0 amide bonds. The number of carbonyl (C=O) groups is 1. The highest BCUT2D eigenvalue weighted by Gasteiger charge is 2.16. The molecule has 0 bridgehead atoms. The fraction of sp³-hybridized carbons (Fsp3) is 0.500. The van der Waals surface area contributed by atoms with Gasteiger partial charge in [0.2, 0.25) is 0 Å². The molecule has 19 heavy (non-hydrogen) atoms. The summed E-state index contributed by atoms with van der Waals surface area (Å²) < 4.78 is 15.7. The quantitative estimate of drug-likeness (QED) is 0.765. The van der Waals surface area contributed by atoms with E-state index in [1.807, 2.05) is 13.0 Å². The van der Waals surface area contributed by atoms with E-state index in [1.165, 1.54) is 0 Å². The van der Waals surface area contributed by atoms with Crippen molar-refractivity contribution in [3.63, 3.8) is 0 Å². The summed E-state index contributed by atoms with van der Waals surface area (Å²) in [7, 11) is 3.13. The van der Waals surface area contributed by atoms with Gasteiger partial charge in [0, 0.05) is 13.0 Å². The first-order valence-corrected chi connectivity index (χ1v) is 6.27. The highest BCUT2D eigenvalue weighted by molar-refractivity contribution is 5.69. The van der Waals surface area contributed by atoms with Crippen molar-refractivity contribution in [1.82, 2.24) is 0 Å². The molecule has 5 heteroatoms. The zero-order valence-corrected chi connectivity index (χ0v) is 11.6. The Bertz CT molecular complexity index is 420. The molecular formula is C14H21NO4. The minimum atomic E-state index is -0.459. The third-order valence-corrected chi connectivity index (χ3v) is 2.72.